The van der Waals surface area contributed by atoms with Crippen molar-refractivity contribution in [3.63, 3.8) is 0 Å². The van der Waals surface area contributed by atoms with E-state index in [0.29, 0.717) is 19.8 Å². The van der Waals surface area contributed by atoms with E-state index < -0.39 is 0 Å². The van der Waals surface area contributed by atoms with Crippen molar-refractivity contribution in [1.82, 2.24) is 15.5 Å². The summed E-state index contributed by atoms with van der Waals surface area (Å²) in [4.78, 5) is 6.78. The van der Waals surface area contributed by atoms with Gasteiger partial charge in [-0.3, -0.25) is 9.89 Å². The Kier molecular flexibility index (Phi) is 10.9. The zero-order valence-corrected chi connectivity index (χ0v) is 19.7. The van der Waals surface area contributed by atoms with E-state index in [9.17, 15) is 0 Å². The molecule has 0 aliphatic rings. The van der Waals surface area contributed by atoms with Crippen molar-refractivity contribution in [1.29, 1.82) is 0 Å². The predicted octanol–water partition coefficient (Wildman–Crippen LogP) is 3.73. The first-order chi connectivity index (χ1) is 15.1. The first kappa shape index (κ1) is 24.7. The Balaban J connectivity index is 1.92. The largest absolute Gasteiger partial charge is 0.491 e. The zero-order valence-electron chi connectivity index (χ0n) is 19.7. The minimum absolute atomic E-state index is 0.532. The van der Waals surface area contributed by atoms with Gasteiger partial charge in [0.15, 0.2) is 5.96 Å². The summed E-state index contributed by atoms with van der Waals surface area (Å²) in [6.45, 7) is 12.0. The molecule has 170 valence electrons. The van der Waals surface area contributed by atoms with Crippen LogP contribution in [0, 0.1) is 6.92 Å². The molecule has 0 aliphatic heterocycles. The van der Waals surface area contributed by atoms with Gasteiger partial charge in [0.05, 0.1) is 6.61 Å². The molecule has 31 heavy (non-hydrogen) atoms. The molecule has 0 radical (unpaired) electrons. The summed E-state index contributed by atoms with van der Waals surface area (Å²) >= 11 is 0. The second kappa shape index (κ2) is 13.7. The highest BCUT2D eigenvalue weighted by Gasteiger charge is 2.07. The molecule has 2 rings (SSSR count). The second-order valence-corrected chi connectivity index (χ2v) is 7.51. The number of guanidine groups is 1. The zero-order chi connectivity index (χ0) is 22.5. The first-order valence-electron chi connectivity index (χ1n) is 11.1. The van der Waals surface area contributed by atoms with Gasteiger partial charge in [0, 0.05) is 39.4 Å². The molecule has 2 N–H and O–H groups in total. The number of hydrogen-bond acceptors (Lipinski definition) is 4. The Bertz CT molecular complexity index is 819. The van der Waals surface area contributed by atoms with Crippen LogP contribution in [0.2, 0.25) is 0 Å². The van der Waals surface area contributed by atoms with Crippen molar-refractivity contribution in [2.45, 2.75) is 40.4 Å². The first-order valence-corrected chi connectivity index (χ1v) is 11.1. The van der Waals surface area contributed by atoms with Crippen LogP contribution in [0.15, 0.2) is 47.5 Å². The number of nitrogens with zero attached hydrogens (tertiary/aromatic N) is 2. The fraction of sp³-hybridized carbons (Fsp3) is 0.480. The van der Waals surface area contributed by atoms with Gasteiger partial charge < -0.3 is 20.1 Å². The maximum Gasteiger partial charge on any atom is 0.191 e. The number of rotatable bonds is 12. The predicted molar refractivity (Wildman–Crippen MR) is 129 cm³/mol. The molecule has 0 amide bonds. The fourth-order valence-corrected chi connectivity index (χ4v) is 3.31. The van der Waals surface area contributed by atoms with Crippen molar-refractivity contribution in [3.05, 3.63) is 64.7 Å². The standard InChI is InChI=1S/C25H38N4O2/c1-6-29(7-2)19-22-10-8-9-21(16-22)17-27-25(26-4)28-18-23-12-11-20(3)15-24(23)31-14-13-30-5/h8-12,15-16H,6-7,13-14,17-19H2,1-5H3,(H2,26,27,28). The third-order valence-corrected chi connectivity index (χ3v) is 5.19. The quantitative estimate of drug-likeness (QED) is 0.308. The van der Waals surface area contributed by atoms with Gasteiger partial charge in [0.2, 0.25) is 0 Å². The van der Waals surface area contributed by atoms with Crippen LogP contribution in [0.25, 0.3) is 0 Å². The van der Waals surface area contributed by atoms with E-state index in [1.807, 2.05) is 0 Å². The van der Waals surface area contributed by atoms with E-state index in [1.54, 1.807) is 14.2 Å². The summed E-state index contributed by atoms with van der Waals surface area (Å²) < 4.78 is 11.0. The molecule has 0 aliphatic carbocycles. The minimum Gasteiger partial charge on any atom is -0.491 e. The number of nitrogens with one attached hydrogen (secondary N) is 2. The third-order valence-electron chi connectivity index (χ3n) is 5.19. The third kappa shape index (κ3) is 8.59. The fourth-order valence-electron chi connectivity index (χ4n) is 3.31. The van der Waals surface area contributed by atoms with E-state index >= 15 is 0 Å². The number of ether oxygens (including phenoxy) is 2. The number of aliphatic imine (C=N–C) groups is 1. The molecule has 6 heteroatoms. The van der Waals surface area contributed by atoms with Gasteiger partial charge in [-0.2, -0.15) is 0 Å². The summed E-state index contributed by atoms with van der Waals surface area (Å²) in [6, 6.07) is 15.0. The lowest BCUT2D eigenvalue weighted by molar-refractivity contribution is 0.145. The second-order valence-electron chi connectivity index (χ2n) is 7.51. The van der Waals surface area contributed by atoms with Crippen LogP contribution in [0.5, 0.6) is 5.75 Å². The maximum atomic E-state index is 5.89. The lowest BCUT2D eigenvalue weighted by Crippen LogP contribution is -2.36. The molecule has 6 nitrogen and oxygen atoms in total. The van der Waals surface area contributed by atoms with Crippen molar-refractivity contribution < 1.29 is 9.47 Å². The van der Waals surface area contributed by atoms with Gasteiger partial charge >= 0.3 is 0 Å². The van der Waals surface area contributed by atoms with Crippen molar-refractivity contribution in [2.75, 3.05) is 40.5 Å². The molecule has 0 unspecified atom stereocenters. The van der Waals surface area contributed by atoms with E-state index in [-0.39, 0.29) is 0 Å². The summed E-state index contributed by atoms with van der Waals surface area (Å²) in [6.07, 6.45) is 0. The summed E-state index contributed by atoms with van der Waals surface area (Å²) in [7, 11) is 3.47. The van der Waals surface area contributed by atoms with Crippen LogP contribution in [0.4, 0.5) is 0 Å². The van der Waals surface area contributed by atoms with Crippen LogP contribution in [-0.4, -0.2) is 51.3 Å². The van der Waals surface area contributed by atoms with Crippen molar-refractivity contribution in [2.24, 2.45) is 4.99 Å². The Labute approximate surface area is 187 Å². The number of aryl methyl sites for hydroxylation is 1. The van der Waals surface area contributed by atoms with Gasteiger partial charge in [-0.05, 0) is 42.8 Å². The van der Waals surface area contributed by atoms with Crippen molar-refractivity contribution in [3.8, 4) is 5.75 Å². The SMILES string of the molecule is CCN(CC)Cc1cccc(CNC(=NC)NCc2ccc(C)cc2OCCOC)c1. The molecule has 0 aromatic heterocycles. The molecule has 0 fully saturated rings. The van der Waals surface area contributed by atoms with Gasteiger partial charge in [0.1, 0.15) is 12.4 Å². The molecule has 0 heterocycles. The summed E-state index contributed by atoms with van der Waals surface area (Å²) in [5.41, 5.74) is 4.84. The number of benzene rings is 2. The van der Waals surface area contributed by atoms with Crippen LogP contribution >= 0.6 is 0 Å². The lowest BCUT2D eigenvalue weighted by Gasteiger charge is -2.19. The molecule has 0 atom stereocenters. The molecular weight excluding hydrogens is 388 g/mol. The molecular formula is C25H38N4O2. The highest BCUT2D eigenvalue weighted by Crippen LogP contribution is 2.20. The Morgan fingerprint density at radius 3 is 2.42 bits per heavy atom. The lowest BCUT2D eigenvalue weighted by atomic mass is 10.1. The Hall–Kier alpha value is -2.57. The van der Waals surface area contributed by atoms with E-state index in [1.165, 1.54) is 16.7 Å². The normalized spacial score (nSPS) is 11.6. The summed E-state index contributed by atoms with van der Waals surface area (Å²) in [5, 5.41) is 6.80. The van der Waals surface area contributed by atoms with Crippen molar-refractivity contribution >= 4 is 5.96 Å². The molecule has 2 aromatic carbocycles. The molecule has 0 saturated heterocycles. The number of methoxy groups -OCH3 is 1. The monoisotopic (exact) mass is 426 g/mol. The maximum absolute atomic E-state index is 5.89. The molecule has 0 bridgehead atoms. The van der Waals surface area contributed by atoms with E-state index in [0.717, 1.165) is 43.5 Å². The van der Waals surface area contributed by atoms with Crippen LogP contribution in [0.3, 0.4) is 0 Å². The Morgan fingerprint density at radius 2 is 1.71 bits per heavy atom. The van der Waals surface area contributed by atoms with Gasteiger partial charge in [0.25, 0.3) is 0 Å². The average Bonchev–Trinajstić information content (AvgIpc) is 2.79. The van der Waals surface area contributed by atoms with Crippen LogP contribution < -0.4 is 15.4 Å². The van der Waals surface area contributed by atoms with Gasteiger partial charge in [-0.15, -0.1) is 0 Å². The highest BCUT2D eigenvalue weighted by atomic mass is 16.5. The Morgan fingerprint density at radius 1 is 0.968 bits per heavy atom. The number of hydrogen-bond donors (Lipinski definition) is 2. The topological polar surface area (TPSA) is 58.1 Å². The molecule has 0 saturated carbocycles. The van der Waals surface area contributed by atoms with E-state index in [2.05, 4.69) is 83.8 Å². The smallest absolute Gasteiger partial charge is 0.191 e. The van der Waals surface area contributed by atoms with Crippen LogP contribution in [-0.2, 0) is 24.4 Å². The summed E-state index contributed by atoms with van der Waals surface area (Å²) in [5.74, 6) is 1.64. The highest BCUT2D eigenvalue weighted by molar-refractivity contribution is 5.79. The van der Waals surface area contributed by atoms with Gasteiger partial charge in [-0.25, -0.2) is 0 Å². The van der Waals surface area contributed by atoms with Gasteiger partial charge in [-0.1, -0.05) is 50.2 Å². The molecule has 0 spiro atoms. The van der Waals surface area contributed by atoms with Crippen LogP contribution in [0.1, 0.15) is 36.1 Å². The van der Waals surface area contributed by atoms with E-state index in [4.69, 9.17) is 9.47 Å². The average molecular weight is 427 g/mol. The minimum atomic E-state index is 0.532. The molecule has 2 aromatic rings.